The first kappa shape index (κ1) is 22.4. The maximum Gasteiger partial charge on any atom is 0.224 e. The summed E-state index contributed by atoms with van der Waals surface area (Å²) in [4.78, 5) is 24.2. The number of aryl methyl sites for hydroxylation is 1. The SMILES string of the molecule is COc1cc2ncnc3c2cc1OCCCNC(=O)C1CCCN(Cc2ccc(C)cc2N3)C1. The van der Waals surface area contributed by atoms with Gasteiger partial charge in [0.15, 0.2) is 11.5 Å². The summed E-state index contributed by atoms with van der Waals surface area (Å²) in [5, 5.41) is 7.52. The molecule has 5 rings (SSSR count). The summed E-state index contributed by atoms with van der Waals surface area (Å²) in [6.07, 6.45) is 4.23. The Kier molecular flexibility index (Phi) is 6.49. The van der Waals surface area contributed by atoms with Gasteiger partial charge < -0.3 is 20.1 Å². The molecule has 3 aromatic rings. The number of nitrogens with one attached hydrogen (secondary N) is 2. The first-order valence-corrected chi connectivity index (χ1v) is 11.9. The molecule has 2 aliphatic heterocycles. The van der Waals surface area contributed by atoms with Crippen LogP contribution < -0.4 is 20.1 Å². The van der Waals surface area contributed by atoms with Gasteiger partial charge in [0.25, 0.3) is 0 Å². The van der Waals surface area contributed by atoms with E-state index in [1.54, 1.807) is 13.4 Å². The normalized spacial score (nSPS) is 21.1. The summed E-state index contributed by atoms with van der Waals surface area (Å²) in [5.41, 5.74) is 4.12. The zero-order chi connectivity index (χ0) is 23.5. The molecule has 0 saturated carbocycles. The fourth-order valence-electron chi connectivity index (χ4n) is 4.77. The molecule has 178 valence electrons. The van der Waals surface area contributed by atoms with Crippen LogP contribution in [0.1, 0.15) is 30.4 Å². The molecule has 2 atom stereocenters. The Bertz CT molecular complexity index is 1200. The summed E-state index contributed by atoms with van der Waals surface area (Å²) in [6.45, 7) is 5.68. The number of hydrogen-bond acceptors (Lipinski definition) is 7. The highest BCUT2D eigenvalue weighted by Crippen LogP contribution is 2.35. The first-order chi connectivity index (χ1) is 16.6. The van der Waals surface area contributed by atoms with Crippen molar-refractivity contribution in [2.75, 3.05) is 38.7 Å². The molecule has 8 heteroatoms. The van der Waals surface area contributed by atoms with Gasteiger partial charge in [0.2, 0.25) is 5.91 Å². The van der Waals surface area contributed by atoms with Crippen molar-refractivity contribution in [1.29, 1.82) is 0 Å². The minimum atomic E-state index is 0.0174. The second-order valence-corrected chi connectivity index (χ2v) is 9.10. The summed E-state index contributed by atoms with van der Waals surface area (Å²) in [7, 11) is 1.62. The van der Waals surface area contributed by atoms with E-state index in [1.165, 1.54) is 5.56 Å². The largest absolute Gasteiger partial charge is 0.493 e. The third-order valence-corrected chi connectivity index (χ3v) is 6.59. The van der Waals surface area contributed by atoms with E-state index in [-0.39, 0.29) is 11.8 Å². The number of aromatic nitrogens is 2. The molecule has 2 aromatic carbocycles. The number of methoxy groups -OCH3 is 1. The van der Waals surface area contributed by atoms with Crippen LogP contribution in [0.4, 0.5) is 11.5 Å². The minimum Gasteiger partial charge on any atom is -0.493 e. The first-order valence-electron chi connectivity index (χ1n) is 11.9. The molecular weight excluding hydrogens is 430 g/mol. The second-order valence-electron chi connectivity index (χ2n) is 9.10. The molecule has 3 heterocycles. The molecule has 1 amide bonds. The van der Waals surface area contributed by atoms with Crippen molar-refractivity contribution in [2.24, 2.45) is 5.92 Å². The molecule has 2 N–H and O–H groups in total. The highest BCUT2D eigenvalue weighted by molar-refractivity contribution is 5.93. The lowest BCUT2D eigenvalue weighted by atomic mass is 9.96. The molecule has 0 aliphatic carbocycles. The third kappa shape index (κ3) is 4.77. The van der Waals surface area contributed by atoms with Crippen LogP contribution in [0.15, 0.2) is 36.7 Å². The van der Waals surface area contributed by atoms with Crippen LogP contribution in [-0.4, -0.2) is 54.1 Å². The Balaban J connectivity index is 1.56. The highest BCUT2D eigenvalue weighted by atomic mass is 16.5. The van der Waals surface area contributed by atoms with Crippen LogP contribution in [0.3, 0.4) is 0 Å². The number of carbonyl (C=O) groups excluding carboxylic acids is 1. The zero-order valence-electron chi connectivity index (χ0n) is 19.8. The van der Waals surface area contributed by atoms with Gasteiger partial charge in [-0.05, 0) is 56.0 Å². The number of benzene rings is 2. The molecule has 2 aliphatic rings. The summed E-state index contributed by atoms with van der Waals surface area (Å²) >= 11 is 0. The Morgan fingerprint density at radius 3 is 2.97 bits per heavy atom. The van der Waals surface area contributed by atoms with Gasteiger partial charge in [-0.25, -0.2) is 9.97 Å². The number of anilines is 2. The van der Waals surface area contributed by atoms with Crippen LogP contribution in [-0.2, 0) is 11.3 Å². The topological polar surface area (TPSA) is 88.6 Å². The Labute approximate surface area is 199 Å². The van der Waals surface area contributed by atoms with Gasteiger partial charge in [-0.3, -0.25) is 9.69 Å². The average Bonchev–Trinajstić information content (AvgIpc) is 2.85. The summed E-state index contributed by atoms with van der Waals surface area (Å²) in [6, 6.07) is 10.2. The molecule has 1 aromatic heterocycles. The molecule has 1 fully saturated rings. The molecule has 8 nitrogen and oxygen atoms in total. The van der Waals surface area contributed by atoms with Gasteiger partial charge in [-0.2, -0.15) is 0 Å². The van der Waals surface area contributed by atoms with E-state index in [9.17, 15) is 4.79 Å². The van der Waals surface area contributed by atoms with Crippen LogP contribution >= 0.6 is 0 Å². The van der Waals surface area contributed by atoms with Gasteiger partial charge in [0.05, 0.1) is 25.2 Å². The van der Waals surface area contributed by atoms with Crippen molar-refractivity contribution >= 4 is 28.3 Å². The van der Waals surface area contributed by atoms with Crippen LogP contribution in [0.2, 0.25) is 0 Å². The summed E-state index contributed by atoms with van der Waals surface area (Å²) in [5.74, 6) is 2.13. The number of hydrogen-bond donors (Lipinski definition) is 2. The lowest BCUT2D eigenvalue weighted by Crippen LogP contribution is -2.43. The predicted octanol–water partition coefficient (Wildman–Crippen LogP) is 3.80. The third-order valence-electron chi connectivity index (χ3n) is 6.59. The standard InChI is InChI=1S/C26H31N5O3/c1-17-6-7-18-14-31-9-3-5-19(15-31)26(32)27-8-4-10-34-24-12-20-22(13-23(24)33-2)28-16-29-25(20)30-21(18)11-17/h6-7,11-13,16,19H,3-5,8-10,14-15H2,1-2H3,(H,27,32)(H,28,29,30). The van der Waals surface area contributed by atoms with Gasteiger partial charge in [-0.15, -0.1) is 0 Å². The number of ether oxygens (including phenoxy) is 2. The lowest BCUT2D eigenvalue weighted by molar-refractivity contribution is -0.126. The van der Waals surface area contributed by atoms with Crippen molar-refractivity contribution in [1.82, 2.24) is 20.2 Å². The fourth-order valence-corrected chi connectivity index (χ4v) is 4.77. The number of rotatable bonds is 1. The van der Waals surface area contributed by atoms with Crippen LogP contribution in [0.25, 0.3) is 10.9 Å². The monoisotopic (exact) mass is 461 g/mol. The van der Waals surface area contributed by atoms with E-state index in [0.29, 0.717) is 31.1 Å². The summed E-state index contributed by atoms with van der Waals surface area (Å²) < 4.78 is 11.6. The van der Waals surface area contributed by atoms with Crippen molar-refractivity contribution in [3.05, 3.63) is 47.8 Å². The smallest absolute Gasteiger partial charge is 0.224 e. The Hall–Kier alpha value is -3.39. The molecular formula is C26H31N5O3. The Morgan fingerprint density at radius 1 is 1.18 bits per heavy atom. The van der Waals surface area contributed by atoms with Gasteiger partial charge in [-0.1, -0.05) is 12.1 Å². The van der Waals surface area contributed by atoms with E-state index in [1.807, 2.05) is 12.1 Å². The van der Waals surface area contributed by atoms with Gasteiger partial charge in [0, 0.05) is 36.8 Å². The van der Waals surface area contributed by atoms with E-state index < -0.39 is 0 Å². The van der Waals surface area contributed by atoms with E-state index in [2.05, 4.69) is 50.6 Å². The van der Waals surface area contributed by atoms with E-state index >= 15 is 0 Å². The quantitative estimate of drug-likeness (QED) is 0.570. The van der Waals surface area contributed by atoms with E-state index in [0.717, 1.165) is 60.4 Å². The van der Waals surface area contributed by atoms with Gasteiger partial charge >= 0.3 is 0 Å². The molecule has 1 saturated heterocycles. The number of piperidine rings is 1. The van der Waals surface area contributed by atoms with Crippen molar-refractivity contribution in [3.8, 4) is 11.5 Å². The van der Waals surface area contributed by atoms with Gasteiger partial charge in [0.1, 0.15) is 12.1 Å². The molecule has 0 spiro atoms. The average molecular weight is 462 g/mol. The number of amides is 1. The van der Waals surface area contributed by atoms with E-state index in [4.69, 9.17) is 9.47 Å². The lowest BCUT2D eigenvalue weighted by Gasteiger charge is -2.32. The number of nitrogens with zero attached hydrogens (tertiary/aromatic N) is 3. The van der Waals surface area contributed by atoms with Crippen molar-refractivity contribution in [2.45, 2.75) is 32.7 Å². The van der Waals surface area contributed by atoms with Crippen LogP contribution in [0, 0.1) is 12.8 Å². The molecule has 34 heavy (non-hydrogen) atoms. The molecule has 4 bridgehead atoms. The highest BCUT2D eigenvalue weighted by Gasteiger charge is 2.26. The maximum absolute atomic E-state index is 12.8. The minimum absolute atomic E-state index is 0.0174. The van der Waals surface area contributed by atoms with Crippen LogP contribution in [0.5, 0.6) is 11.5 Å². The molecule has 0 radical (unpaired) electrons. The Morgan fingerprint density at radius 2 is 2.09 bits per heavy atom. The zero-order valence-corrected chi connectivity index (χ0v) is 19.8. The van der Waals surface area contributed by atoms with Crippen molar-refractivity contribution in [3.63, 3.8) is 0 Å². The second kappa shape index (κ2) is 9.85. The predicted molar refractivity (Wildman–Crippen MR) is 132 cm³/mol. The number of carbonyl (C=O) groups is 1. The van der Waals surface area contributed by atoms with Crippen molar-refractivity contribution < 1.29 is 14.3 Å². The molecule has 2 unspecified atom stereocenters. The maximum atomic E-state index is 12.8. The fraction of sp³-hybridized carbons (Fsp3) is 0.423. The number of fused-ring (bicyclic) bond motifs is 4.